The van der Waals surface area contributed by atoms with E-state index in [1.54, 1.807) is 43.0 Å². The van der Waals surface area contributed by atoms with Gasteiger partial charge in [-0.05, 0) is 47.9 Å². The van der Waals surface area contributed by atoms with Crippen LogP contribution in [0.15, 0.2) is 72.8 Å². The Balaban J connectivity index is 1.58. The molecule has 8 heteroatoms. The molecule has 0 saturated carbocycles. The van der Waals surface area contributed by atoms with Gasteiger partial charge in [-0.15, -0.1) is 11.8 Å². The third kappa shape index (κ3) is 5.54. The number of nitrogens with zero attached hydrogens (tertiary/aromatic N) is 1. The lowest BCUT2D eigenvalue weighted by Crippen LogP contribution is -2.49. The number of rotatable bonds is 7. The van der Waals surface area contributed by atoms with E-state index in [1.807, 2.05) is 67.6 Å². The van der Waals surface area contributed by atoms with Crippen molar-refractivity contribution in [2.75, 3.05) is 25.3 Å². The Morgan fingerprint density at radius 1 is 1.00 bits per heavy atom. The third-order valence-corrected chi connectivity index (χ3v) is 7.25. The molecule has 0 aliphatic carbocycles. The van der Waals surface area contributed by atoms with Crippen LogP contribution in [0, 0.1) is 6.92 Å². The summed E-state index contributed by atoms with van der Waals surface area (Å²) in [4.78, 5) is 28.6. The van der Waals surface area contributed by atoms with Gasteiger partial charge in [0, 0.05) is 12.3 Å². The summed E-state index contributed by atoms with van der Waals surface area (Å²) in [6.07, 6.45) is 0. The molecule has 0 spiro atoms. The van der Waals surface area contributed by atoms with Crippen LogP contribution in [0.4, 0.5) is 10.5 Å². The second-order valence-corrected chi connectivity index (χ2v) is 9.28. The maximum absolute atomic E-state index is 13.6. The van der Waals surface area contributed by atoms with Crippen LogP contribution in [0.25, 0.3) is 0 Å². The zero-order valence-corrected chi connectivity index (χ0v) is 20.8. The number of carbonyl (C=O) groups is 2. The zero-order valence-electron chi connectivity index (χ0n) is 20.0. The van der Waals surface area contributed by atoms with Gasteiger partial charge in [0.1, 0.15) is 22.9 Å². The summed E-state index contributed by atoms with van der Waals surface area (Å²) >= 11 is 1.58. The maximum Gasteiger partial charge on any atom is 0.323 e. The Hall–Kier alpha value is -3.65. The molecule has 0 radical (unpaired) electrons. The number of hydrogen-bond donors (Lipinski definition) is 2. The minimum atomic E-state index is -0.634. The highest BCUT2D eigenvalue weighted by Gasteiger charge is 2.43. The summed E-state index contributed by atoms with van der Waals surface area (Å²) in [6.45, 7) is 2.36. The van der Waals surface area contributed by atoms with Crippen molar-refractivity contribution in [3.63, 3.8) is 0 Å². The molecule has 3 amide bonds. The SMILES string of the molecule is COc1cccc(CNC(=O)[C@H]2CS[C@H](c3ccccc3C)N2C(=O)Nc2ccccc2OC)c1. The van der Waals surface area contributed by atoms with Gasteiger partial charge in [0.25, 0.3) is 0 Å². The standard InChI is InChI=1S/C27H29N3O4S/c1-18-9-4-5-12-21(18)26-30(27(32)29-22-13-6-7-14-24(22)34-3)23(17-35-26)25(31)28-16-19-10-8-11-20(15-19)33-2/h4-15,23,26H,16-17H2,1-3H3,(H,28,31)(H,29,32)/t23-,26-/m1/s1. The summed E-state index contributed by atoms with van der Waals surface area (Å²) in [6, 6.07) is 21.7. The van der Waals surface area contributed by atoms with Crippen LogP contribution in [0.5, 0.6) is 11.5 Å². The molecule has 1 aliphatic heterocycles. The van der Waals surface area contributed by atoms with E-state index >= 15 is 0 Å². The summed E-state index contributed by atoms with van der Waals surface area (Å²) in [5.41, 5.74) is 3.55. The lowest BCUT2D eigenvalue weighted by molar-refractivity contribution is -0.124. The molecule has 0 bridgehead atoms. The molecule has 1 aliphatic rings. The zero-order chi connectivity index (χ0) is 24.8. The minimum Gasteiger partial charge on any atom is -0.497 e. The molecule has 2 atom stereocenters. The lowest BCUT2D eigenvalue weighted by atomic mass is 10.1. The highest BCUT2D eigenvalue weighted by Crippen LogP contribution is 2.43. The van der Waals surface area contributed by atoms with Crippen LogP contribution in [-0.4, -0.2) is 42.9 Å². The molecule has 35 heavy (non-hydrogen) atoms. The van der Waals surface area contributed by atoms with Crippen LogP contribution in [0.1, 0.15) is 22.1 Å². The number of benzene rings is 3. The van der Waals surface area contributed by atoms with Crippen molar-refractivity contribution in [1.82, 2.24) is 10.2 Å². The van der Waals surface area contributed by atoms with Crippen molar-refractivity contribution in [2.45, 2.75) is 24.9 Å². The molecule has 1 heterocycles. The molecule has 7 nitrogen and oxygen atoms in total. The van der Waals surface area contributed by atoms with Crippen LogP contribution >= 0.6 is 11.8 Å². The second-order valence-electron chi connectivity index (χ2n) is 8.17. The summed E-state index contributed by atoms with van der Waals surface area (Å²) in [5, 5.41) is 5.65. The first-order valence-corrected chi connectivity index (χ1v) is 12.4. The number of carbonyl (C=O) groups excluding carboxylic acids is 2. The number of thioether (sulfide) groups is 1. The maximum atomic E-state index is 13.6. The fourth-order valence-electron chi connectivity index (χ4n) is 4.08. The van der Waals surface area contributed by atoms with E-state index in [4.69, 9.17) is 9.47 Å². The van der Waals surface area contributed by atoms with Crippen molar-refractivity contribution in [1.29, 1.82) is 0 Å². The molecule has 182 valence electrons. The molecule has 0 unspecified atom stereocenters. The van der Waals surface area contributed by atoms with E-state index in [0.717, 1.165) is 22.4 Å². The van der Waals surface area contributed by atoms with E-state index in [2.05, 4.69) is 10.6 Å². The molecule has 3 aromatic carbocycles. The Morgan fingerprint density at radius 3 is 2.54 bits per heavy atom. The van der Waals surface area contributed by atoms with Gasteiger partial charge in [0.15, 0.2) is 0 Å². The average Bonchev–Trinajstić information content (AvgIpc) is 3.33. The minimum absolute atomic E-state index is 0.202. The molecule has 1 saturated heterocycles. The average molecular weight is 492 g/mol. The smallest absolute Gasteiger partial charge is 0.323 e. The van der Waals surface area contributed by atoms with Crippen molar-refractivity contribution in [3.8, 4) is 11.5 Å². The number of nitrogens with one attached hydrogen (secondary N) is 2. The predicted molar refractivity (Wildman–Crippen MR) is 139 cm³/mol. The molecular weight excluding hydrogens is 462 g/mol. The summed E-state index contributed by atoms with van der Waals surface area (Å²) < 4.78 is 10.7. The van der Waals surface area contributed by atoms with Gasteiger partial charge >= 0.3 is 6.03 Å². The molecule has 1 fully saturated rings. The highest BCUT2D eigenvalue weighted by atomic mass is 32.2. The van der Waals surface area contributed by atoms with Gasteiger partial charge in [-0.2, -0.15) is 0 Å². The topological polar surface area (TPSA) is 79.9 Å². The van der Waals surface area contributed by atoms with Gasteiger partial charge in [-0.3, -0.25) is 9.69 Å². The van der Waals surface area contributed by atoms with Crippen molar-refractivity contribution < 1.29 is 19.1 Å². The number of urea groups is 1. The van der Waals surface area contributed by atoms with E-state index in [1.165, 1.54) is 0 Å². The first-order valence-electron chi connectivity index (χ1n) is 11.3. The Kier molecular flexibility index (Phi) is 7.82. The monoisotopic (exact) mass is 491 g/mol. The highest BCUT2D eigenvalue weighted by molar-refractivity contribution is 7.99. The number of methoxy groups -OCH3 is 2. The van der Waals surface area contributed by atoms with Crippen LogP contribution in [0.2, 0.25) is 0 Å². The fourth-order valence-corrected chi connectivity index (χ4v) is 5.60. The number of ether oxygens (including phenoxy) is 2. The van der Waals surface area contributed by atoms with Crippen molar-refractivity contribution in [3.05, 3.63) is 89.5 Å². The largest absolute Gasteiger partial charge is 0.497 e. The number of anilines is 1. The van der Waals surface area contributed by atoms with E-state index < -0.39 is 6.04 Å². The van der Waals surface area contributed by atoms with E-state index in [-0.39, 0.29) is 17.3 Å². The molecule has 3 aromatic rings. The van der Waals surface area contributed by atoms with Crippen LogP contribution in [-0.2, 0) is 11.3 Å². The Morgan fingerprint density at radius 2 is 1.77 bits per heavy atom. The first kappa shape index (κ1) is 24.5. The lowest BCUT2D eigenvalue weighted by Gasteiger charge is -2.30. The van der Waals surface area contributed by atoms with Crippen LogP contribution in [0.3, 0.4) is 0 Å². The Labute approximate surface area is 209 Å². The van der Waals surface area contributed by atoms with Gasteiger partial charge in [-0.25, -0.2) is 4.79 Å². The van der Waals surface area contributed by atoms with Crippen molar-refractivity contribution >= 4 is 29.4 Å². The fraction of sp³-hybridized carbons (Fsp3) is 0.259. The van der Waals surface area contributed by atoms with Gasteiger partial charge in [-0.1, -0.05) is 48.5 Å². The van der Waals surface area contributed by atoms with E-state index in [0.29, 0.717) is 23.7 Å². The quantitative estimate of drug-likeness (QED) is 0.488. The molecule has 2 N–H and O–H groups in total. The van der Waals surface area contributed by atoms with Gasteiger partial charge < -0.3 is 20.1 Å². The van der Waals surface area contributed by atoms with Gasteiger partial charge in [0.05, 0.1) is 19.9 Å². The van der Waals surface area contributed by atoms with E-state index in [9.17, 15) is 9.59 Å². The third-order valence-electron chi connectivity index (χ3n) is 5.94. The predicted octanol–water partition coefficient (Wildman–Crippen LogP) is 4.98. The van der Waals surface area contributed by atoms with Gasteiger partial charge in [0.2, 0.25) is 5.91 Å². The molecule has 0 aromatic heterocycles. The number of para-hydroxylation sites is 2. The van der Waals surface area contributed by atoms with Crippen LogP contribution < -0.4 is 20.1 Å². The number of aryl methyl sites for hydroxylation is 1. The summed E-state index contributed by atoms with van der Waals surface area (Å²) in [7, 11) is 3.17. The first-order chi connectivity index (χ1) is 17.0. The number of hydrogen-bond acceptors (Lipinski definition) is 5. The Bertz CT molecular complexity index is 1200. The molecular formula is C27H29N3O4S. The normalized spacial score (nSPS) is 17.1. The number of amides is 3. The molecule has 4 rings (SSSR count). The second kappa shape index (κ2) is 11.2. The summed E-state index contributed by atoms with van der Waals surface area (Å²) in [5.74, 6) is 1.57. The van der Waals surface area contributed by atoms with Crippen molar-refractivity contribution in [2.24, 2.45) is 0 Å².